The standard InChI is InChI=1S/C21H19N5O3S/c27-26(28)16-7-5-14(6-8-16)20-24-23-19(29-20)13-25-11-9-15(10-12-25)21-22-17-3-1-2-4-18(17)30-21/h1-8,15H,9-13H2. The van der Waals surface area contributed by atoms with Crippen molar-refractivity contribution >= 4 is 27.2 Å². The molecule has 9 heteroatoms. The topological polar surface area (TPSA) is 98.2 Å². The molecule has 0 amide bonds. The van der Waals surface area contributed by atoms with Crippen LogP contribution < -0.4 is 0 Å². The number of thiazole rings is 1. The van der Waals surface area contributed by atoms with Crippen LogP contribution in [0.2, 0.25) is 0 Å². The highest BCUT2D eigenvalue weighted by atomic mass is 32.1. The van der Waals surface area contributed by atoms with Crippen LogP contribution in [-0.2, 0) is 6.54 Å². The predicted molar refractivity (Wildman–Crippen MR) is 113 cm³/mol. The van der Waals surface area contributed by atoms with Gasteiger partial charge in [0.25, 0.3) is 5.69 Å². The summed E-state index contributed by atoms with van der Waals surface area (Å²) < 4.78 is 7.03. The van der Waals surface area contributed by atoms with Crippen molar-refractivity contribution in [3.63, 3.8) is 0 Å². The van der Waals surface area contributed by atoms with Gasteiger partial charge in [0.15, 0.2) is 0 Å². The van der Waals surface area contributed by atoms with Gasteiger partial charge in [-0.25, -0.2) is 4.98 Å². The van der Waals surface area contributed by atoms with Crippen molar-refractivity contribution in [1.82, 2.24) is 20.1 Å². The smallest absolute Gasteiger partial charge is 0.269 e. The Labute approximate surface area is 176 Å². The summed E-state index contributed by atoms with van der Waals surface area (Å²) in [4.78, 5) is 17.5. The van der Waals surface area contributed by atoms with E-state index in [2.05, 4.69) is 33.3 Å². The third kappa shape index (κ3) is 3.81. The third-order valence-corrected chi connectivity index (χ3v) is 6.60. The van der Waals surface area contributed by atoms with Gasteiger partial charge < -0.3 is 4.42 Å². The van der Waals surface area contributed by atoms with Gasteiger partial charge in [0.2, 0.25) is 11.8 Å². The van der Waals surface area contributed by atoms with Crippen molar-refractivity contribution in [3.8, 4) is 11.5 Å². The first-order valence-electron chi connectivity index (χ1n) is 9.81. The van der Waals surface area contributed by atoms with Crippen molar-refractivity contribution in [2.45, 2.75) is 25.3 Å². The van der Waals surface area contributed by atoms with E-state index in [0.29, 0.717) is 29.8 Å². The average Bonchev–Trinajstić information content (AvgIpc) is 3.41. The fourth-order valence-corrected chi connectivity index (χ4v) is 4.89. The fourth-order valence-electron chi connectivity index (χ4n) is 3.75. The van der Waals surface area contributed by atoms with Gasteiger partial charge in [0.1, 0.15) is 0 Å². The number of piperidine rings is 1. The van der Waals surface area contributed by atoms with Gasteiger partial charge in [-0.2, -0.15) is 0 Å². The van der Waals surface area contributed by atoms with E-state index in [4.69, 9.17) is 9.40 Å². The van der Waals surface area contributed by atoms with Crippen molar-refractivity contribution in [1.29, 1.82) is 0 Å². The molecule has 0 aliphatic carbocycles. The summed E-state index contributed by atoms with van der Waals surface area (Å²) >= 11 is 1.80. The Morgan fingerprint density at radius 3 is 2.60 bits per heavy atom. The Bertz CT molecular complexity index is 1150. The molecule has 2 aromatic heterocycles. The molecule has 0 saturated carbocycles. The van der Waals surface area contributed by atoms with E-state index < -0.39 is 4.92 Å². The maximum absolute atomic E-state index is 10.8. The van der Waals surface area contributed by atoms with Gasteiger partial charge in [-0.15, -0.1) is 21.5 Å². The molecule has 2 aromatic carbocycles. The molecule has 5 rings (SSSR count). The summed E-state index contributed by atoms with van der Waals surface area (Å²) in [5, 5.41) is 20.2. The monoisotopic (exact) mass is 421 g/mol. The summed E-state index contributed by atoms with van der Waals surface area (Å²) in [7, 11) is 0. The molecule has 3 heterocycles. The van der Waals surface area contributed by atoms with Crippen LogP contribution in [0.25, 0.3) is 21.7 Å². The normalized spacial score (nSPS) is 15.6. The molecular weight excluding hydrogens is 402 g/mol. The molecule has 1 saturated heterocycles. The lowest BCUT2D eigenvalue weighted by atomic mass is 9.97. The lowest BCUT2D eigenvalue weighted by molar-refractivity contribution is -0.384. The molecule has 0 atom stereocenters. The molecule has 8 nitrogen and oxygen atoms in total. The van der Waals surface area contributed by atoms with Gasteiger partial charge in [0, 0.05) is 23.6 Å². The lowest BCUT2D eigenvalue weighted by Crippen LogP contribution is -2.32. The molecule has 0 radical (unpaired) electrons. The zero-order chi connectivity index (χ0) is 20.5. The minimum absolute atomic E-state index is 0.0366. The van der Waals surface area contributed by atoms with Crippen molar-refractivity contribution < 1.29 is 9.34 Å². The van der Waals surface area contributed by atoms with Gasteiger partial charge in [-0.3, -0.25) is 15.0 Å². The van der Waals surface area contributed by atoms with Gasteiger partial charge in [-0.05, 0) is 50.2 Å². The molecule has 152 valence electrons. The number of para-hydroxylation sites is 1. The summed E-state index contributed by atoms with van der Waals surface area (Å²) in [6, 6.07) is 14.4. The van der Waals surface area contributed by atoms with E-state index in [1.165, 1.54) is 21.8 Å². The van der Waals surface area contributed by atoms with Gasteiger partial charge in [0.05, 0.1) is 26.7 Å². The van der Waals surface area contributed by atoms with Crippen molar-refractivity contribution in [2.24, 2.45) is 0 Å². The van der Waals surface area contributed by atoms with E-state index in [-0.39, 0.29) is 5.69 Å². The van der Waals surface area contributed by atoms with Crippen LogP contribution in [0.3, 0.4) is 0 Å². The maximum Gasteiger partial charge on any atom is 0.269 e. The third-order valence-electron chi connectivity index (χ3n) is 5.40. The van der Waals surface area contributed by atoms with E-state index >= 15 is 0 Å². The van der Waals surface area contributed by atoms with Crippen molar-refractivity contribution in [2.75, 3.05) is 13.1 Å². The van der Waals surface area contributed by atoms with E-state index in [0.717, 1.165) is 31.4 Å². The highest BCUT2D eigenvalue weighted by Gasteiger charge is 2.24. The van der Waals surface area contributed by atoms with Crippen LogP contribution in [0.4, 0.5) is 5.69 Å². The number of benzene rings is 2. The molecular formula is C21H19N5O3S. The zero-order valence-corrected chi connectivity index (χ0v) is 16.9. The van der Waals surface area contributed by atoms with Crippen molar-refractivity contribution in [3.05, 3.63) is 69.5 Å². The van der Waals surface area contributed by atoms with Crippen LogP contribution in [-0.4, -0.2) is 38.1 Å². The quantitative estimate of drug-likeness (QED) is 0.342. The van der Waals surface area contributed by atoms with Crippen LogP contribution in [0.15, 0.2) is 52.9 Å². The lowest BCUT2D eigenvalue weighted by Gasteiger charge is -2.29. The Hall–Kier alpha value is -3.17. The molecule has 1 aliphatic rings. The second kappa shape index (κ2) is 7.92. The first kappa shape index (κ1) is 18.8. The summed E-state index contributed by atoms with van der Waals surface area (Å²) in [6.45, 7) is 2.51. The Balaban J connectivity index is 1.20. The minimum Gasteiger partial charge on any atom is -0.419 e. The average molecular weight is 421 g/mol. The summed E-state index contributed by atoms with van der Waals surface area (Å²) in [6.07, 6.45) is 2.12. The Morgan fingerprint density at radius 2 is 1.87 bits per heavy atom. The second-order valence-electron chi connectivity index (χ2n) is 7.38. The van der Waals surface area contributed by atoms with Gasteiger partial charge >= 0.3 is 0 Å². The Morgan fingerprint density at radius 1 is 1.10 bits per heavy atom. The molecule has 1 fully saturated rings. The van der Waals surface area contributed by atoms with Crippen LogP contribution in [0.5, 0.6) is 0 Å². The number of hydrogen-bond acceptors (Lipinski definition) is 8. The highest BCUT2D eigenvalue weighted by Crippen LogP contribution is 2.34. The first-order valence-corrected chi connectivity index (χ1v) is 10.6. The van der Waals surface area contributed by atoms with Crippen LogP contribution in [0.1, 0.15) is 29.7 Å². The fraction of sp³-hybridized carbons (Fsp3) is 0.286. The SMILES string of the molecule is O=[N+]([O-])c1ccc(-c2nnc(CN3CCC(c4nc5ccccc5s4)CC3)o2)cc1. The van der Waals surface area contributed by atoms with E-state index in [1.54, 1.807) is 23.5 Å². The maximum atomic E-state index is 10.8. The van der Waals surface area contributed by atoms with E-state index in [9.17, 15) is 10.1 Å². The zero-order valence-electron chi connectivity index (χ0n) is 16.1. The molecule has 0 N–H and O–H groups in total. The number of rotatable bonds is 5. The number of non-ortho nitro benzene ring substituents is 1. The highest BCUT2D eigenvalue weighted by molar-refractivity contribution is 7.18. The number of fused-ring (bicyclic) bond motifs is 1. The minimum atomic E-state index is -0.430. The summed E-state index contributed by atoms with van der Waals surface area (Å²) in [5.74, 6) is 1.43. The van der Waals surface area contributed by atoms with Crippen LogP contribution >= 0.6 is 11.3 Å². The number of likely N-dealkylation sites (tertiary alicyclic amines) is 1. The largest absolute Gasteiger partial charge is 0.419 e. The molecule has 4 aromatic rings. The predicted octanol–water partition coefficient (Wildman–Crippen LogP) is 4.63. The number of nitro benzene ring substituents is 1. The van der Waals surface area contributed by atoms with Crippen LogP contribution in [0, 0.1) is 10.1 Å². The number of aromatic nitrogens is 3. The summed E-state index contributed by atoms with van der Waals surface area (Å²) in [5.41, 5.74) is 1.80. The Kier molecular flexibility index (Phi) is 4.97. The van der Waals surface area contributed by atoms with Gasteiger partial charge in [-0.1, -0.05) is 12.1 Å². The number of nitro groups is 1. The second-order valence-corrected chi connectivity index (χ2v) is 8.44. The molecule has 0 unspecified atom stereocenters. The molecule has 1 aliphatic heterocycles. The molecule has 30 heavy (non-hydrogen) atoms. The molecule has 0 bridgehead atoms. The molecule has 0 spiro atoms. The first-order chi connectivity index (χ1) is 14.7. The number of nitrogens with zero attached hydrogens (tertiary/aromatic N) is 5. The van der Waals surface area contributed by atoms with E-state index in [1.807, 2.05) is 6.07 Å². The number of hydrogen-bond donors (Lipinski definition) is 0.